The molecule has 1 aromatic rings. The quantitative estimate of drug-likeness (QED) is 0.620. The van der Waals surface area contributed by atoms with Crippen LogP contribution in [-0.4, -0.2) is 78.4 Å². The molecule has 2 saturated heterocycles. The maximum absolute atomic E-state index is 13.2. The molecule has 2 aliphatic heterocycles. The minimum atomic E-state index is -4.82. The normalized spacial score (nSPS) is 21.8. The van der Waals surface area contributed by atoms with Crippen molar-refractivity contribution in [2.45, 2.75) is 45.3 Å². The maximum atomic E-state index is 13.2. The monoisotopic (exact) mass is 443 g/mol. The van der Waals surface area contributed by atoms with Gasteiger partial charge in [0.05, 0.1) is 19.2 Å². The lowest BCUT2D eigenvalue weighted by Crippen LogP contribution is -2.61. The van der Waals surface area contributed by atoms with Crippen molar-refractivity contribution in [1.82, 2.24) is 14.7 Å². The summed E-state index contributed by atoms with van der Waals surface area (Å²) < 4.78 is 47.5. The first-order chi connectivity index (χ1) is 14.6. The smallest absolute Gasteiger partial charge is 0.405 e. The zero-order chi connectivity index (χ0) is 22.8. The predicted octanol–water partition coefficient (Wildman–Crippen LogP) is 3.09. The molecule has 0 radical (unpaired) electrons. The molecular formula is C21H28F3N3O4. The third kappa shape index (κ3) is 5.41. The van der Waals surface area contributed by atoms with Gasteiger partial charge in [0.1, 0.15) is 11.8 Å². The van der Waals surface area contributed by atoms with Crippen LogP contribution in [0.15, 0.2) is 24.3 Å². The van der Waals surface area contributed by atoms with E-state index in [2.05, 4.69) is 4.74 Å². The van der Waals surface area contributed by atoms with Gasteiger partial charge < -0.3 is 24.2 Å². The fourth-order valence-electron chi connectivity index (χ4n) is 4.21. The highest BCUT2D eigenvalue weighted by Gasteiger charge is 2.49. The lowest BCUT2D eigenvalue weighted by molar-refractivity contribution is -0.275. The number of carbonyl (C=O) groups is 2. The Balaban J connectivity index is 1.81. The number of hydrogen-bond acceptors (Lipinski definition) is 4. The summed E-state index contributed by atoms with van der Waals surface area (Å²) in [5.74, 6) is -0.248. The summed E-state index contributed by atoms with van der Waals surface area (Å²) in [6.07, 6.45) is -4.30. The van der Waals surface area contributed by atoms with Crippen molar-refractivity contribution >= 4 is 11.9 Å². The number of rotatable bonds is 8. The van der Waals surface area contributed by atoms with E-state index in [4.69, 9.17) is 4.74 Å². The lowest BCUT2D eigenvalue weighted by atomic mass is 9.97. The average molecular weight is 443 g/mol. The number of amides is 3. The molecule has 7 nitrogen and oxygen atoms in total. The van der Waals surface area contributed by atoms with Gasteiger partial charge in [-0.15, -0.1) is 13.2 Å². The molecule has 0 aliphatic carbocycles. The Labute approximate surface area is 179 Å². The van der Waals surface area contributed by atoms with E-state index in [0.29, 0.717) is 32.7 Å². The minimum Gasteiger partial charge on any atom is -0.405 e. The van der Waals surface area contributed by atoms with Gasteiger partial charge in [0.25, 0.3) is 0 Å². The van der Waals surface area contributed by atoms with E-state index in [9.17, 15) is 22.8 Å². The predicted molar refractivity (Wildman–Crippen MR) is 106 cm³/mol. The molecule has 2 aliphatic rings. The summed E-state index contributed by atoms with van der Waals surface area (Å²) in [6, 6.07) is 4.64. The highest BCUT2D eigenvalue weighted by Crippen LogP contribution is 2.32. The largest absolute Gasteiger partial charge is 0.573 e. The topological polar surface area (TPSA) is 62.3 Å². The molecule has 2 atom stereocenters. The Morgan fingerprint density at radius 1 is 1.13 bits per heavy atom. The van der Waals surface area contributed by atoms with Gasteiger partial charge in [-0.25, -0.2) is 4.79 Å². The number of urea groups is 1. The van der Waals surface area contributed by atoms with E-state index in [1.165, 1.54) is 23.1 Å². The van der Waals surface area contributed by atoms with Crippen LogP contribution in [0.3, 0.4) is 0 Å². The first kappa shape index (κ1) is 23.2. The zero-order valence-corrected chi connectivity index (χ0v) is 17.9. The number of halogens is 3. The van der Waals surface area contributed by atoms with E-state index in [-0.39, 0.29) is 41.8 Å². The molecule has 31 heavy (non-hydrogen) atoms. The van der Waals surface area contributed by atoms with Gasteiger partial charge in [-0.05, 0) is 18.4 Å². The second kappa shape index (κ2) is 9.33. The number of methoxy groups -OCH3 is 1. The number of benzene rings is 1. The average Bonchev–Trinajstić information content (AvgIpc) is 2.98. The Kier molecular flexibility index (Phi) is 6.98. The highest BCUT2D eigenvalue weighted by atomic mass is 19.4. The molecule has 0 bridgehead atoms. The van der Waals surface area contributed by atoms with E-state index in [1.54, 1.807) is 23.0 Å². The molecule has 2 fully saturated rings. The Hall–Kier alpha value is -2.49. The number of ether oxygens (including phenoxy) is 2. The third-order valence-corrected chi connectivity index (χ3v) is 5.50. The van der Waals surface area contributed by atoms with Crippen molar-refractivity contribution in [3.05, 3.63) is 29.8 Å². The summed E-state index contributed by atoms with van der Waals surface area (Å²) in [4.78, 5) is 31.1. The van der Waals surface area contributed by atoms with Crippen molar-refractivity contribution < 1.29 is 32.2 Å². The first-order valence-electron chi connectivity index (χ1n) is 10.3. The van der Waals surface area contributed by atoms with Gasteiger partial charge >= 0.3 is 12.4 Å². The number of nitrogens with zero attached hydrogens (tertiary/aromatic N) is 3. The van der Waals surface area contributed by atoms with Gasteiger partial charge in [0.15, 0.2) is 0 Å². The number of hydrogen-bond donors (Lipinski definition) is 0. The van der Waals surface area contributed by atoms with E-state index >= 15 is 0 Å². The number of alkyl halides is 3. The molecular weight excluding hydrogens is 415 g/mol. The van der Waals surface area contributed by atoms with Crippen molar-refractivity contribution in [3.63, 3.8) is 0 Å². The summed E-state index contributed by atoms with van der Waals surface area (Å²) >= 11 is 0. The summed E-state index contributed by atoms with van der Waals surface area (Å²) in [5.41, 5.74) is 0.260. The van der Waals surface area contributed by atoms with Crippen LogP contribution in [0.4, 0.5) is 18.0 Å². The Bertz CT molecular complexity index is 802. The number of fused-ring (bicyclic) bond motifs is 1. The van der Waals surface area contributed by atoms with Gasteiger partial charge in [0, 0.05) is 32.3 Å². The lowest BCUT2D eigenvalue weighted by Gasteiger charge is -2.42. The van der Waals surface area contributed by atoms with Gasteiger partial charge in [-0.2, -0.15) is 0 Å². The van der Waals surface area contributed by atoms with E-state index in [1.807, 2.05) is 13.8 Å². The Morgan fingerprint density at radius 2 is 1.81 bits per heavy atom. The molecule has 2 heterocycles. The van der Waals surface area contributed by atoms with Crippen molar-refractivity contribution in [3.8, 4) is 5.75 Å². The summed E-state index contributed by atoms with van der Waals surface area (Å²) in [5, 5.41) is 0. The van der Waals surface area contributed by atoms with Gasteiger partial charge in [-0.3, -0.25) is 4.79 Å². The molecule has 0 N–H and O–H groups in total. The van der Waals surface area contributed by atoms with Crippen LogP contribution >= 0.6 is 0 Å². The van der Waals surface area contributed by atoms with E-state index in [0.717, 1.165) is 0 Å². The number of carbonyl (C=O) groups excluding carboxylic acids is 2. The first-order valence-corrected chi connectivity index (χ1v) is 10.3. The van der Waals surface area contributed by atoms with Gasteiger partial charge in [-0.1, -0.05) is 32.0 Å². The molecule has 10 heteroatoms. The molecule has 0 spiro atoms. The van der Waals surface area contributed by atoms with Crippen LogP contribution in [0.25, 0.3) is 0 Å². The fraction of sp³-hybridized carbons (Fsp3) is 0.619. The summed E-state index contributed by atoms with van der Waals surface area (Å²) in [6.45, 7) is 5.47. The molecule has 1 aromatic carbocycles. The van der Waals surface area contributed by atoms with Crippen molar-refractivity contribution in [2.75, 3.05) is 33.4 Å². The van der Waals surface area contributed by atoms with Crippen LogP contribution in [0, 0.1) is 5.92 Å². The van der Waals surface area contributed by atoms with Gasteiger partial charge in [0.2, 0.25) is 5.91 Å². The molecule has 0 aromatic heterocycles. The SMILES string of the molecule is COCCN1C[C@H]2CN(Cc3ccccc3OC(F)(F)F)C(=O)N2[C@@H](CC(C)C)C1=O. The molecule has 3 amide bonds. The zero-order valence-electron chi connectivity index (χ0n) is 17.9. The van der Waals surface area contributed by atoms with Crippen molar-refractivity contribution in [2.24, 2.45) is 5.92 Å². The molecule has 0 saturated carbocycles. The maximum Gasteiger partial charge on any atom is 0.573 e. The third-order valence-electron chi connectivity index (χ3n) is 5.50. The van der Waals surface area contributed by atoms with E-state index < -0.39 is 12.4 Å². The molecule has 3 rings (SSSR count). The van der Waals surface area contributed by atoms with Crippen LogP contribution in [0.5, 0.6) is 5.75 Å². The number of piperazine rings is 1. The van der Waals surface area contributed by atoms with Crippen LogP contribution in [0.2, 0.25) is 0 Å². The standard InChI is InChI=1S/C21H28F3N3O4/c1-14(2)10-17-19(28)25(8-9-30-3)12-16-13-26(20(29)27(16)17)11-15-6-4-5-7-18(15)31-21(22,23)24/h4-7,14,16-17H,8-13H2,1-3H3/t16-,17-/m0/s1. The van der Waals surface area contributed by atoms with Crippen LogP contribution < -0.4 is 4.74 Å². The molecule has 172 valence electrons. The second-order valence-corrected chi connectivity index (χ2v) is 8.30. The second-order valence-electron chi connectivity index (χ2n) is 8.30. The van der Waals surface area contributed by atoms with Crippen LogP contribution in [0.1, 0.15) is 25.8 Å². The fourth-order valence-corrected chi connectivity index (χ4v) is 4.21. The van der Waals surface area contributed by atoms with Crippen molar-refractivity contribution in [1.29, 1.82) is 0 Å². The Morgan fingerprint density at radius 3 is 2.45 bits per heavy atom. The summed E-state index contributed by atoms with van der Waals surface area (Å²) in [7, 11) is 1.56. The van der Waals surface area contributed by atoms with Crippen LogP contribution in [-0.2, 0) is 16.1 Å². The molecule has 0 unspecified atom stereocenters. The minimum absolute atomic E-state index is 0.0290. The number of para-hydroxylation sites is 1. The highest BCUT2D eigenvalue weighted by molar-refractivity contribution is 5.90.